The van der Waals surface area contributed by atoms with Gasteiger partial charge in [-0.05, 0) is 59.7 Å². The summed E-state index contributed by atoms with van der Waals surface area (Å²) < 4.78 is 18.4. The van der Waals surface area contributed by atoms with E-state index in [0.29, 0.717) is 40.3 Å². The van der Waals surface area contributed by atoms with Crippen molar-refractivity contribution in [1.29, 1.82) is 0 Å². The van der Waals surface area contributed by atoms with Crippen LogP contribution in [0.1, 0.15) is 31.0 Å². The molecule has 0 aliphatic carbocycles. The number of halogens is 1. The van der Waals surface area contributed by atoms with Gasteiger partial charge in [0.15, 0.2) is 11.5 Å². The van der Waals surface area contributed by atoms with Crippen LogP contribution in [0.3, 0.4) is 0 Å². The summed E-state index contributed by atoms with van der Waals surface area (Å²) in [5.41, 5.74) is 2.76. The van der Waals surface area contributed by atoms with Crippen LogP contribution in [0.4, 0.5) is 5.95 Å². The number of hydrogen-bond donors (Lipinski definition) is 1. The van der Waals surface area contributed by atoms with Crippen molar-refractivity contribution in [2.45, 2.75) is 26.5 Å². The molecule has 1 aromatic heterocycles. The third kappa shape index (κ3) is 4.24. The molecule has 10 heteroatoms. The molecule has 166 valence electrons. The Hall–Kier alpha value is -3.59. The molecule has 2 aromatic carbocycles. The third-order valence-corrected chi connectivity index (χ3v) is 5.27. The SMILES string of the molecule is CCOC(=O)C1=C(C)Nc2nnnn2C1c1ccc(OCc2ccc(Cl)cc2)c(OC)c1. The molecule has 2 heterocycles. The fourth-order valence-corrected chi connectivity index (χ4v) is 3.63. The normalized spacial score (nSPS) is 15.1. The second kappa shape index (κ2) is 9.27. The van der Waals surface area contributed by atoms with E-state index in [9.17, 15) is 4.79 Å². The summed E-state index contributed by atoms with van der Waals surface area (Å²) in [5.74, 6) is 1.08. The zero-order valence-electron chi connectivity index (χ0n) is 17.8. The number of methoxy groups -OCH3 is 1. The average Bonchev–Trinajstić information content (AvgIpc) is 3.25. The van der Waals surface area contributed by atoms with E-state index >= 15 is 0 Å². The first-order valence-corrected chi connectivity index (χ1v) is 10.4. The van der Waals surface area contributed by atoms with E-state index in [1.54, 1.807) is 31.7 Å². The largest absolute Gasteiger partial charge is 0.493 e. The first-order chi connectivity index (χ1) is 15.5. The van der Waals surface area contributed by atoms with Gasteiger partial charge in [-0.3, -0.25) is 0 Å². The van der Waals surface area contributed by atoms with Crippen molar-refractivity contribution >= 4 is 23.5 Å². The molecule has 1 aliphatic heterocycles. The fourth-order valence-electron chi connectivity index (χ4n) is 3.51. The predicted octanol–water partition coefficient (Wildman–Crippen LogP) is 3.77. The number of carbonyl (C=O) groups is 1. The molecule has 0 fully saturated rings. The second-order valence-corrected chi connectivity index (χ2v) is 7.50. The average molecular weight is 456 g/mol. The van der Waals surface area contributed by atoms with Gasteiger partial charge in [0.2, 0.25) is 5.95 Å². The summed E-state index contributed by atoms with van der Waals surface area (Å²) in [4.78, 5) is 12.8. The standard InChI is InChI=1S/C22H22ClN5O4/c1-4-31-21(29)19-13(2)24-22-25-26-27-28(22)20(19)15-7-10-17(18(11-15)30-3)32-12-14-5-8-16(23)9-6-14/h5-11,20H,4,12H2,1-3H3,(H,24,25,27). The minimum Gasteiger partial charge on any atom is -0.493 e. The number of carbonyl (C=O) groups excluding carboxylic acids is 1. The molecule has 0 saturated heterocycles. The Bertz CT molecular complexity index is 1160. The van der Waals surface area contributed by atoms with Crippen molar-refractivity contribution in [2.24, 2.45) is 0 Å². The molecule has 3 aromatic rings. The summed E-state index contributed by atoms with van der Waals surface area (Å²) in [6.45, 7) is 4.16. The Morgan fingerprint density at radius 3 is 2.69 bits per heavy atom. The van der Waals surface area contributed by atoms with E-state index < -0.39 is 12.0 Å². The molecule has 1 aliphatic rings. The number of ether oxygens (including phenoxy) is 3. The van der Waals surface area contributed by atoms with Gasteiger partial charge in [0.1, 0.15) is 12.6 Å². The summed E-state index contributed by atoms with van der Waals surface area (Å²) >= 11 is 5.94. The summed E-state index contributed by atoms with van der Waals surface area (Å²) in [6, 6.07) is 12.3. The number of anilines is 1. The number of allylic oxidation sites excluding steroid dienone is 1. The van der Waals surface area contributed by atoms with Gasteiger partial charge in [0.25, 0.3) is 0 Å². The highest BCUT2D eigenvalue weighted by Crippen LogP contribution is 2.38. The van der Waals surface area contributed by atoms with E-state index in [0.717, 1.165) is 11.1 Å². The number of esters is 1. The molecule has 0 spiro atoms. The third-order valence-electron chi connectivity index (χ3n) is 5.02. The lowest BCUT2D eigenvalue weighted by Gasteiger charge is -2.27. The predicted molar refractivity (Wildman–Crippen MR) is 118 cm³/mol. The number of benzene rings is 2. The van der Waals surface area contributed by atoms with Crippen LogP contribution < -0.4 is 14.8 Å². The number of fused-ring (bicyclic) bond motifs is 1. The molecule has 0 bridgehead atoms. The molecule has 0 saturated carbocycles. The number of aromatic nitrogens is 4. The van der Waals surface area contributed by atoms with Crippen molar-refractivity contribution in [1.82, 2.24) is 20.2 Å². The van der Waals surface area contributed by atoms with Gasteiger partial charge in [-0.2, -0.15) is 4.68 Å². The Morgan fingerprint density at radius 2 is 1.97 bits per heavy atom. The topological polar surface area (TPSA) is 100 Å². The van der Waals surface area contributed by atoms with Gasteiger partial charge in [-0.1, -0.05) is 34.9 Å². The molecule has 1 N–H and O–H groups in total. The smallest absolute Gasteiger partial charge is 0.338 e. The number of nitrogens with one attached hydrogen (secondary N) is 1. The van der Waals surface area contributed by atoms with E-state index in [2.05, 4.69) is 20.8 Å². The monoisotopic (exact) mass is 455 g/mol. The van der Waals surface area contributed by atoms with Gasteiger partial charge in [-0.15, -0.1) is 0 Å². The Kier molecular flexibility index (Phi) is 6.27. The van der Waals surface area contributed by atoms with Gasteiger partial charge in [0, 0.05) is 10.7 Å². The van der Waals surface area contributed by atoms with Gasteiger partial charge < -0.3 is 19.5 Å². The van der Waals surface area contributed by atoms with Crippen LogP contribution in [0.5, 0.6) is 11.5 Å². The molecule has 9 nitrogen and oxygen atoms in total. The lowest BCUT2D eigenvalue weighted by Crippen LogP contribution is -2.29. The van der Waals surface area contributed by atoms with E-state index in [-0.39, 0.29) is 6.61 Å². The van der Waals surface area contributed by atoms with Gasteiger partial charge in [0.05, 0.1) is 19.3 Å². The van der Waals surface area contributed by atoms with Crippen molar-refractivity contribution < 1.29 is 19.0 Å². The van der Waals surface area contributed by atoms with Gasteiger partial charge in [-0.25, -0.2) is 4.79 Å². The maximum absolute atomic E-state index is 12.8. The van der Waals surface area contributed by atoms with Crippen LogP contribution in [-0.2, 0) is 16.1 Å². The zero-order valence-corrected chi connectivity index (χ0v) is 18.6. The number of nitrogens with zero attached hydrogens (tertiary/aromatic N) is 4. The van der Waals surface area contributed by atoms with E-state index in [1.807, 2.05) is 36.4 Å². The van der Waals surface area contributed by atoms with Crippen LogP contribution in [0.2, 0.25) is 5.02 Å². The first kappa shape index (κ1) is 21.6. The highest BCUT2D eigenvalue weighted by Gasteiger charge is 2.35. The minimum atomic E-state index is -0.584. The second-order valence-electron chi connectivity index (χ2n) is 7.06. The molecular formula is C22H22ClN5O4. The highest BCUT2D eigenvalue weighted by atomic mass is 35.5. The molecule has 0 amide bonds. The van der Waals surface area contributed by atoms with Crippen LogP contribution in [0.25, 0.3) is 0 Å². The van der Waals surface area contributed by atoms with Crippen molar-refractivity contribution in [3.63, 3.8) is 0 Å². The molecule has 32 heavy (non-hydrogen) atoms. The quantitative estimate of drug-likeness (QED) is 0.537. The van der Waals surface area contributed by atoms with Crippen molar-refractivity contribution in [2.75, 3.05) is 19.0 Å². The van der Waals surface area contributed by atoms with Gasteiger partial charge >= 0.3 is 5.97 Å². The molecule has 1 unspecified atom stereocenters. The number of tetrazole rings is 1. The number of rotatable bonds is 7. The zero-order chi connectivity index (χ0) is 22.7. The van der Waals surface area contributed by atoms with Crippen LogP contribution >= 0.6 is 11.6 Å². The highest BCUT2D eigenvalue weighted by molar-refractivity contribution is 6.30. The maximum atomic E-state index is 12.8. The Balaban J connectivity index is 1.67. The van der Waals surface area contributed by atoms with Crippen LogP contribution in [-0.4, -0.2) is 39.9 Å². The first-order valence-electron chi connectivity index (χ1n) is 9.99. The van der Waals surface area contributed by atoms with Crippen LogP contribution in [0, 0.1) is 0 Å². The lowest BCUT2D eigenvalue weighted by atomic mass is 9.95. The molecular weight excluding hydrogens is 434 g/mol. The molecule has 4 rings (SSSR count). The summed E-state index contributed by atoms with van der Waals surface area (Å²) in [5, 5.41) is 15.5. The summed E-state index contributed by atoms with van der Waals surface area (Å²) in [6.07, 6.45) is 0. The van der Waals surface area contributed by atoms with Crippen molar-refractivity contribution in [3.05, 3.63) is 69.9 Å². The van der Waals surface area contributed by atoms with Crippen molar-refractivity contribution in [3.8, 4) is 11.5 Å². The van der Waals surface area contributed by atoms with E-state index in [1.165, 1.54) is 0 Å². The summed E-state index contributed by atoms with van der Waals surface area (Å²) in [7, 11) is 1.56. The number of hydrogen-bond acceptors (Lipinski definition) is 8. The Morgan fingerprint density at radius 1 is 1.19 bits per heavy atom. The molecule has 0 radical (unpaired) electrons. The Labute approximate surface area is 189 Å². The minimum absolute atomic E-state index is 0.256. The molecule has 1 atom stereocenters. The van der Waals surface area contributed by atoms with E-state index in [4.69, 9.17) is 25.8 Å². The van der Waals surface area contributed by atoms with Crippen LogP contribution in [0.15, 0.2) is 53.7 Å². The lowest BCUT2D eigenvalue weighted by molar-refractivity contribution is -0.139. The fraction of sp³-hybridized carbons (Fsp3) is 0.273. The maximum Gasteiger partial charge on any atom is 0.338 e.